The van der Waals surface area contributed by atoms with E-state index in [-0.39, 0.29) is 10.8 Å². The predicted octanol–water partition coefficient (Wildman–Crippen LogP) is 3.08. The van der Waals surface area contributed by atoms with E-state index in [1.807, 2.05) is 51.1 Å². The molecule has 2 heteroatoms. The lowest BCUT2D eigenvalue weighted by Gasteiger charge is -2.15. The van der Waals surface area contributed by atoms with Gasteiger partial charge in [0.05, 0.1) is 5.41 Å². The summed E-state index contributed by atoms with van der Waals surface area (Å²) in [5, 5.41) is 9.45. The molecule has 0 saturated heterocycles. The summed E-state index contributed by atoms with van der Waals surface area (Å²) in [5.74, 6) is -0.705. The average molecular weight is 218 g/mol. The van der Waals surface area contributed by atoms with Crippen molar-refractivity contribution >= 4 is 5.97 Å². The van der Waals surface area contributed by atoms with E-state index >= 15 is 0 Å². The molecular weight excluding hydrogens is 200 g/mol. The van der Waals surface area contributed by atoms with Crippen molar-refractivity contribution in [2.45, 2.75) is 33.1 Å². The molecule has 0 radical (unpaired) electrons. The molecule has 1 aromatic carbocycles. The maximum Gasteiger partial charge on any atom is 0.310 e. The molecule has 2 nitrogen and oxygen atoms in total. The summed E-state index contributed by atoms with van der Waals surface area (Å²) in [5.41, 5.74) is -0.0633. The minimum Gasteiger partial charge on any atom is -0.481 e. The van der Waals surface area contributed by atoms with Gasteiger partial charge in [-0.05, 0) is 17.9 Å². The van der Waals surface area contributed by atoms with Gasteiger partial charge in [-0.2, -0.15) is 0 Å². The molecule has 0 unspecified atom stereocenters. The van der Waals surface area contributed by atoms with Gasteiger partial charge in [-0.25, -0.2) is 0 Å². The van der Waals surface area contributed by atoms with Crippen LogP contribution in [0, 0.1) is 10.8 Å². The van der Waals surface area contributed by atoms with E-state index in [4.69, 9.17) is 0 Å². The monoisotopic (exact) mass is 218 g/mol. The summed E-state index contributed by atoms with van der Waals surface area (Å²) in [4.78, 5) is 11.5. The highest BCUT2D eigenvalue weighted by atomic mass is 16.4. The smallest absolute Gasteiger partial charge is 0.310 e. The van der Waals surface area contributed by atoms with E-state index in [0.29, 0.717) is 0 Å². The third-order valence-corrected chi connectivity index (χ3v) is 5.22. The number of hydrogen-bond acceptors (Lipinski definition) is 1. The van der Waals surface area contributed by atoms with Crippen LogP contribution in [0.2, 0.25) is 0 Å². The molecule has 86 valence electrons. The SMILES string of the molecule is CC1(C)[C@](C)(c2ccccc2)[C@]1(C)C(=O)O. The Kier molecular flexibility index (Phi) is 2.01. The predicted molar refractivity (Wildman–Crippen MR) is 63.3 cm³/mol. The molecule has 2 rings (SSSR count). The molecule has 1 N–H and O–H groups in total. The number of rotatable bonds is 2. The van der Waals surface area contributed by atoms with Gasteiger partial charge in [-0.3, -0.25) is 4.79 Å². The van der Waals surface area contributed by atoms with Crippen molar-refractivity contribution in [1.82, 2.24) is 0 Å². The molecule has 1 aliphatic carbocycles. The molecule has 0 amide bonds. The van der Waals surface area contributed by atoms with Gasteiger partial charge in [-0.15, -0.1) is 0 Å². The molecule has 1 saturated carbocycles. The Balaban J connectivity index is 2.55. The minimum absolute atomic E-state index is 0.215. The molecule has 0 aromatic heterocycles. The maximum atomic E-state index is 11.5. The van der Waals surface area contributed by atoms with Gasteiger partial charge in [0.15, 0.2) is 0 Å². The lowest BCUT2D eigenvalue weighted by atomic mass is 9.88. The van der Waals surface area contributed by atoms with Crippen molar-refractivity contribution in [3.8, 4) is 0 Å². The summed E-state index contributed by atoms with van der Waals surface area (Å²) in [6.45, 7) is 7.97. The summed E-state index contributed by atoms with van der Waals surface area (Å²) in [6, 6.07) is 9.95. The lowest BCUT2D eigenvalue weighted by molar-refractivity contribution is -0.144. The molecule has 0 heterocycles. The van der Waals surface area contributed by atoms with Crippen molar-refractivity contribution in [2.24, 2.45) is 10.8 Å². The summed E-state index contributed by atoms with van der Waals surface area (Å²) < 4.78 is 0. The van der Waals surface area contributed by atoms with E-state index in [0.717, 1.165) is 5.56 Å². The highest BCUT2D eigenvalue weighted by Gasteiger charge is 2.81. The third-order valence-electron chi connectivity index (χ3n) is 5.22. The first-order valence-corrected chi connectivity index (χ1v) is 5.59. The van der Waals surface area contributed by atoms with E-state index in [1.54, 1.807) is 0 Å². The number of aliphatic carboxylic acids is 1. The summed E-state index contributed by atoms with van der Waals surface area (Å²) in [7, 11) is 0. The molecular formula is C14H18O2. The van der Waals surface area contributed by atoms with Crippen LogP contribution in [0.15, 0.2) is 30.3 Å². The Morgan fingerprint density at radius 1 is 1.06 bits per heavy atom. The Morgan fingerprint density at radius 2 is 1.56 bits per heavy atom. The number of carbonyl (C=O) groups is 1. The largest absolute Gasteiger partial charge is 0.481 e. The Labute approximate surface area is 96.3 Å². The second kappa shape index (κ2) is 2.88. The number of carboxylic acids is 1. The molecule has 1 aliphatic rings. The summed E-state index contributed by atoms with van der Waals surface area (Å²) >= 11 is 0. The number of hydrogen-bond donors (Lipinski definition) is 1. The van der Waals surface area contributed by atoms with Crippen LogP contribution in [0.5, 0.6) is 0 Å². The van der Waals surface area contributed by atoms with Gasteiger partial charge in [0.2, 0.25) is 0 Å². The van der Waals surface area contributed by atoms with E-state index < -0.39 is 11.4 Å². The zero-order chi connectivity index (χ0) is 12.2. The first kappa shape index (κ1) is 11.2. The Morgan fingerprint density at radius 3 is 1.94 bits per heavy atom. The fourth-order valence-electron chi connectivity index (χ4n) is 3.25. The molecule has 1 aromatic rings. The number of carboxylic acid groups (broad SMARTS) is 1. The van der Waals surface area contributed by atoms with Crippen LogP contribution in [0.3, 0.4) is 0 Å². The van der Waals surface area contributed by atoms with Crippen LogP contribution < -0.4 is 0 Å². The van der Waals surface area contributed by atoms with Crippen LogP contribution >= 0.6 is 0 Å². The third kappa shape index (κ3) is 0.909. The topological polar surface area (TPSA) is 37.3 Å². The standard InChI is InChI=1S/C14H18O2/c1-12(2)13(3,14(12,4)11(15)16)10-8-6-5-7-9-10/h5-9H,1-4H3,(H,15,16)/t13-,14+/m0/s1. The molecule has 16 heavy (non-hydrogen) atoms. The van der Waals surface area contributed by atoms with Crippen molar-refractivity contribution in [1.29, 1.82) is 0 Å². The molecule has 0 aliphatic heterocycles. The van der Waals surface area contributed by atoms with Crippen LogP contribution in [-0.4, -0.2) is 11.1 Å². The molecule has 2 atom stereocenters. The van der Waals surface area contributed by atoms with Crippen LogP contribution in [0.1, 0.15) is 33.3 Å². The van der Waals surface area contributed by atoms with Crippen molar-refractivity contribution < 1.29 is 9.90 Å². The van der Waals surface area contributed by atoms with Crippen LogP contribution in [0.4, 0.5) is 0 Å². The second-order valence-electron chi connectivity index (χ2n) is 5.55. The highest BCUT2D eigenvalue weighted by molar-refractivity contribution is 5.84. The van der Waals surface area contributed by atoms with Gasteiger partial charge in [0.25, 0.3) is 0 Å². The Bertz CT molecular complexity index is 435. The highest BCUT2D eigenvalue weighted by Crippen LogP contribution is 2.77. The lowest BCUT2D eigenvalue weighted by Crippen LogP contribution is -2.21. The minimum atomic E-state index is -0.705. The second-order valence-corrected chi connectivity index (χ2v) is 5.55. The first-order valence-electron chi connectivity index (χ1n) is 5.59. The van der Waals surface area contributed by atoms with Crippen molar-refractivity contribution in [2.75, 3.05) is 0 Å². The fraction of sp³-hybridized carbons (Fsp3) is 0.500. The van der Waals surface area contributed by atoms with Crippen molar-refractivity contribution in [3.63, 3.8) is 0 Å². The zero-order valence-corrected chi connectivity index (χ0v) is 10.2. The molecule has 1 fully saturated rings. The average Bonchev–Trinajstić information content (AvgIpc) is 2.62. The fourth-order valence-corrected chi connectivity index (χ4v) is 3.25. The van der Waals surface area contributed by atoms with E-state index in [2.05, 4.69) is 6.92 Å². The number of benzene rings is 1. The summed E-state index contributed by atoms with van der Waals surface area (Å²) in [6.07, 6.45) is 0. The van der Waals surface area contributed by atoms with E-state index in [9.17, 15) is 9.90 Å². The zero-order valence-electron chi connectivity index (χ0n) is 10.2. The molecule has 0 bridgehead atoms. The Hall–Kier alpha value is -1.31. The van der Waals surface area contributed by atoms with Gasteiger partial charge in [0.1, 0.15) is 0 Å². The van der Waals surface area contributed by atoms with Gasteiger partial charge in [0, 0.05) is 5.41 Å². The first-order chi connectivity index (χ1) is 7.30. The van der Waals surface area contributed by atoms with Gasteiger partial charge < -0.3 is 5.11 Å². The molecule has 0 spiro atoms. The van der Waals surface area contributed by atoms with Crippen LogP contribution in [0.25, 0.3) is 0 Å². The van der Waals surface area contributed by atoms with Gasteiger partial charge >= 0.3 is 5.97 Å². The normalized spacial score (nSPS) is 35.8. The van der Waals surface area contributed by atoms with Crippen LogP contribution in [-0.2, 0) is 10.2 Å². The van der Waals surface area contributed by atoms with Gasteiger partial charge in [-0.1, -0.05) is 51.1 Å². The quantitative estimate of drug-likeness (QED) is 0.828. The van der Waals surface area contributed by atoms with E-state index in [1.165, 1.54) is 0 Å². The maximum absolute atomic E-state index is 11.5. The van der Waals surface area contributed by atoms with Crippen molar-refractivity contribution in [3.05, 3.63) is 35.9 Å².